The predicted molar refractivity (Wildman–Crippen MR) is 68.5 cm³/mol. The van der Waals surface area contributed by atoms with E-state index in [1.807, 2.05) is 6.92 Å². The monoisotopic (exact) mass is 253 g/mol. The minimum atomic E-state index is -0.553. The lowest BCUT2D eigenvalue weighted by molar-refractivity contribution is -0.131. The Bertz CT molecular complexity index is 504. The minimum Gasteiger partial charge on any atom is -0.341 e. The molecule has 0 saturated heterocycles. The fourth-order valence-corrected chi connectivity index (χ4v) is 1.62. The van der Waals surface area contributed by atoms with Crippen molar-refractivity contribution in [2.45, 2.75) is 33.2 Å². The number of carbonyl (C=O) groups is 1. The molecule has 0 atom stereocenters. The number of hydrogen-bond donors (Lipinski definition) is 1. The molecule has 1 heterocycles. The first kappa shape index (κ1) is 14.2. The quantitative estimate of drug-likeness (QED) is 0.786. The van der Waals surface area contributed by atoms with Gasteiger partial charge in [0.25, 0.3) is 5.56 Å². The van der Waals surface area contributed by atoms with Crippen LogP contribution in [0.15, 0.2) is 21.9 Å². The van der Waals surface area contributed by atoms with Crippen LogP contribution in [0.3, 0.4) is 0 Å². The fourth-order valence-electron chi connectivity index (χ4n) is 1.62. The van der Waals surface area contributed by atoms with Gasteiger partial charge in [0.1, 0.15) is 6.54 Å². The first-order valence-corrected chi connectivity index (χ1v) is 6.16. The van der Waals surface area contributed by atoms with Crippen molar-refractivity contribution in [1.82, 2.24) is 14.5 Å². The third-order valence-corrected chi connectivity index (χ3v) is 2.72. The first-order valence-electron chi connectivity index (χ1n) is 6.16. The molecule has 0 radical (unpaired) electrons. The van der Waals surface area contributed by atoms with Crippen molar-refractivity contribution in [3.8, 4) is 0 Å². The van der Waals surface area contributed by atoms with Crippen LogP contribution in [0.5, 0.6) is 0 Å². The normalized spacial score (nSPS) is 10.3. The van der Waals surface area contributed by atoms with Crippen molar-refractivity contribution >= 4 is 5.91 Å². The van der Waals surface area contributed by atoms with Crippen molar-refractivity contribution in [3.63, 3.8) is 0 Å². The summed E-state index contributed by atoms with van der Waals surface area (Å²) in [5, 5.41) is 0. The van der Waals surface area contributed by atoms with Crippen LogP contribution in [0.4, 0.5) is 0 Å². The zero-order valence-electron chi connectivity index (χ0n) is 10.8. The van der Waals surface area contributed by atoms with Crippen LogP contribution in [0.1, 0.15) is 26.7 Å². The lowest BCUT2D eigenvalue weighted by Crippen LogP contribution is -2.38. The molecule has 1 rings (SSSR count). The van der Waals surface area contributed by atoms with Crippen molar-refractivity contribution in [2.75, 3.05) is 13.1 Å². The number of aromatic amines is 1. The molecule has 6 nitrogen and oxygen atoms in total. The van der Waals surface area contributed by atoms with E-state index < -0.39 is 11.2 Å². The number of amides is 1. The van der Waals surface area contributed by atoms with Crippen LogP contribution in [0.2, 0.25) is 0 Å². The summed E-state index contributed by atoms with van der Waals surface area (Å²) >= 11 is 0. The van der Waals surface area contributed by atoms with Gasteiger partial charge in [-0.1, -0.05) is 13.3 Å². The number of aromatic nitrogens is 2. The summed E-state index contributed by atoms with van der Waals surface area (Å²) in [6, 6.07) is 1.23. The standard InChI is InChI=1S/C12H19N3O3/c1-3-5-7-14(4-2)11(17)9-15-8-6-10(16)13-12(15)18/h6,8H,3-5,7,9H2,1-2H3,(H,13,16,18). The van der Waals surface area contributed by atoms with Crippen LogP contribution in [0, 0.1) is 0 Å². The van der Waals surface area contributed by atoms with Gasteiger partial charge in [-0.2, -0.15) is 0 Å². The summed E-state index contributed by atoms with van der Waals surface area (Å²) in [5.74, 6) is -0.111. The highest BCUT2D eigenvalue weighted by molar-refractivity contribution is 5.75. The smallest absolute Gasteiger partial charge is 0.328 e. The summed E-state index contributed by atoms with van der Waals surface area (Å²) in [6.07, 6.45) is 3.30. The highest BCUT2D eigenvalue weighted by Gasteiger charge is 2.12. The number of hydrogen-bond acceptors (Lipinski definition) is 3. The van der Waals surface area contributed by atoms with E-state index in [0.29, 0.717) is 13.1 Å². The Kier molecular flexibility index (Phi) is 5.35. The van der Waals surface area contributed by atoms with Gasteiger partial charge in [-0.05, 0) is 13.3 Å². The van der Waals surface area contributed by atoms with Gasteiger partial charge in [-0.25, -0.2) is 4.79 Å². The third-order valence-electron chi connectivity index (χ3n) is 2.72. The first-order chi connectivity index (χ1) is 8.58. The van der Waals surface area contributed by atoms with E-state index in [2.05, 4.69) is 11.9 Å². The molecule has 0 bridgehead atoms. The minimum absolute atomic E-state index is 0.0346. The maximum atomic E-state index is 12.0. The Morgan fingerprint density at radius 1 is 1.39 bits per heavy atom. The van der Waals surface area contributed by atoms with E-state index in [-0.39, 0.29) is 12.5 Å². The van der Waals surface area contributed by atoms with Gasteiger partial charge >= 0.3 is 5.69 Å². The SMILES string of the molecule is CCCCN(CC)C(=O)Cn1ccc(=O)[nH]c1=O. The number of likely N-dealkylation sites (N-methyl/N-ethyl adjacent to an activating group) is 1. The Hall–Kier alpha value is -1.85. The third kappa shape index (κ3) is 3.87. The molecule has 0 fully saturated rings. The average molecular weight is 253 g/mol. The predicted octanol–water partition coefficient (Wildman–Crippen LogP) is 0.185. The molecule has 0 aliphatic heterocycles. The molecule has 0 aliphatic rings. The largest absolute Gasteiger partial charge is 0.341 e. The second-order valence-electron chi connectivity index (χ2n) is 4.07. The molecule has 1 aromatic heterocycles. The van der Waals surface area contributed by atoms with E-state index >= 15 is 0 Å². The highest BCUT2D eigenvalue weighted by atomic mass is 16.2. The molecule has 0 aliphatic carbocycles. The van der Waals surface area contributed by atoms with Gasteiger partial charge in [0.15, 0.2) is 0 Å². The molecule has 0 unspecified atom stereocenters. The van der Waals surface area contributed by atoms with Crippen molar-refractivity contribution in [2.24, 2.45) is 0 Å². The zero-order valence-corrected chi connectivity index (χ0v) is 10.8. The molecule has 0 spiro atoms. The van der Waals surface area contributed by atoms with E-state index in [0.717, 1.165) is 12.8 Å². The van der Waals surface area contributed by atoms with Gasteiger partial charge in [0, 0.05) is 25.4 Å². The summed E-state index contributed by atoms with van der Waals surface area (Å²) in [4.78, 5) is 38.1. The Morgan fingerprint density at radius 3 is 2.67 bits per heavy atom. The van der Waals surface area contributed by atoms with Crippen LogP contribution >= 0.6 is 0 Å². The molecule has 1 N–H and O–H groups in total. The lowest BCUT2D eigenvalue weighted by atomic mass is 10.3. The Morgan fingerprint density at radius 2 is 2.11 bits per heavy atom. The molecule has 0 saturated carbocycles. The summed E-state index contributed by atoms with van der Waals surface area (Å²) < 4.78 is 1.21. The molecular weight excluding hydrogens is 234 g/mol. The van der Waals surface area contributed by atoms with Crippen LogP contribution in [-0.4, -0.2) is 33.4 Å². The van der Waals surface area contributed by atoms with Crippen molar-refractivity contribution in [3.05, 3.63) is 33.1 Å². The van der Waals surface area contributed by atoms with Crippen LogP contribution < -0.4 is 11.2 Å². The van der Waals surface area contributed by atoms with Gasteiger partial charge in [-0.15, -0.1) is 0 Å². The number of unbranched alkanes of at least 4 members (excludes halogenated alkanes) is 1. The zero-order chi connectivity index (χ0) is 13.5. The molecule has 6 heteroatoms. The number of carbonyl (C=O) groups excluding carboxylic acids is 1. The van der Waals surface area contributed by atoms with Gasteiger partial charge < -0.3 is 4.90 Å². The lowest BCUT2D eigenvalue weighted by Gasteiger charge is -2.20. The fraction of sp³-hybridized carbons (Fsp3) is 0.583. The van der Waals surface area contributed by atoms with Gasteiger partial charge in [0.05, 0.1) is 0 Å². The number of rotatable bonds is 6. The molecule has 100 valence electrons. The number of H-pyrrole nitrogens is 1. The molecule has 18 heavy (non-hydrogen) atoms. The second kappa shape index (κ2) is 6.78. The van der Waals surface area contributed by atoms with Crippen LogP contribution in [-0.2, 0) is 11.3 Å². The van der Waals surface area contributed by atoms with Crippen molar-refractivity contribution < 1.29 is 4.79 Å². The Labute approximate surface area is 105 Å². The van der Waals surface area contributed by atoms with E-state index in [1.165, 1.54) is 16.8 Å². The highest BCUT2D eigenvalue weighted by Crippen LogP contribution is 1.97. The van der Waals surface area contributed by atoms with Crippen LogP contribution in [0.25, 0.3) is 0 Å². The molecular formula is C12H19N3O3. The van der Waals surface area contributed by atoms with Gasteiger partial charge in [0.2, 0.25) is 5.91 Å². The molecule has 1 aromatic rings. The van der Waals surface area contributed by atoms with Gasteiger partial charge in [-0.3, -0.25) is 19.1 Å². The van der Waals surface area contributed by atoms with E-state index in [9.17, 15) is 14.4 Å². The Balaban J connectivity index is 2.73. The number of nitrogens with one attached hydrogen (secondary N) is 1. The van der Waals surface area contributed by atoms with E-state index in [4.69, 9.17) is 0 Å². The second-order valence-corrected chi connectivity index (χ2v) is 4.07. The van der Waals surface area contributed by atoms with Crippen molar-refractivity contribution in [1.29, 1.82) is 0 Å². The maximum Gasteiger partial charge on any atom is 0.328 e. The summed E-state index contributed by atoms with van der Waals surface area (Å²) in [5.41, 5.74) is -1.01. The number of nitrogens with zero attached hydrogens (tertiary/aromatic N) is 2. The topological polar surface area (TPSA) is 75.2 Å². The maximum absolute atomic E-state index is 12.0. The summed E-state index contributed by atoms with van der Waals surface area (Å²) in [6.45, 7) is 5.25. The molecule has 1 amide bonds. The average Bonchev–Trinajstić information content (AvgIpc) is 2.34. The summed E-state index contributed by atoms with van der Waals surface area (Å²) in [7, 11) is 0. The van der Waals surface area contributed by atoms with E-state index in [1.54, 1.807) is 4.90 Å². The molecule has 0 aromatic carbocycles.